The van der Waals surface area contributed by atoms with E-state index in [2.05, 4.69) is 24.3 Å². The zero-order chi connectivity index (χ0) is 21.0. The minimum absolute atomic E-state index is 0.234. The third kappa shape index (κ3) is 4.14. The van der Waals surface area contributed by atoms with Crippen molar-refractivity contribution in [3.8, 4) is 0 Å². The van der Waals surface area contributed by atoms with Crippen LogP contribution in [0.4, 0.5) is 4.39 Å². The smallest absolute Gasteiger partial charge is 0.337 e. The lowest BCUT2D eigenvalue weighted by Crippen LogP contribution is -2.26. The molecule has 30 heavy (non-hydrogen) atoms. The first kappa shape index (κ1) is 20.3. The van der Waals surface area contributed by atoms with Crippen LogP contribution in [0, 0.1) is 5.82 Å². The van der Waals surface area contributed by atoms with E-state index in [1.54, 1.807) is 12.1 Å². The van der Waals surface area contributed by atoms with Crippen LogP contribution in [0.1, 0.15) is 45.5 Å². The predicted molar refractivity (Wildman–Crippen MR) is 114 cm³/mol. The summed E-state index contributed by atoms with van der Waals surface area (Å²) < 4.78 is 24.3. The van der Waals surface area contributed by atoms with Crippen LogP contribution < -0.4 is 0 Å². The Morgan fingerprint density at radius 1 is 0.900 bits per heavy atom. The van der Waals surface area contributed by atoms with Crippen LogP contribution in [0.2, 0.25) is 0 Å². The molecule has 0 N–H and O–H groups in total. The summed E-state index contributed by atoms with van der Waals surface area (Å²) in [7, 11) is 1.39. The van der Waals surface area contributed by atoms with Crippen molar-refractivity contribution < 1.29 is 18.7 Å². The summed E-state index contributed by atoms with van der Waals surface area (Å²) in [5.41, 5.74) is 4.60. The normalized spacial score (nSPS) is 18.3. The molecule has 3 nitrogen and oxygen atoms in total. The number of aryl methyl sites for hydroxylation is 2. The molecular formula is C26H25FO3. The average molecular weight is 404 g/mol. The van der Waals surface area contributed by atoms with Crippen molar-refractivity contribution in [1.29, 1.82) is 0 Å². The van der Waals surface area contributed by atoms with E-state index in [9.17, 15) is 9.18 Å². The highest BCUT2D eigenvalue weighted by atomic mass is 19.1. The number of hydrogen-bond acceptors (Lipinski definition) is 3. The quantitative estimate of drug-likeness (QED) is 0.513. The molecule has 1 heterocycles. The number of halogens is 1. The Morgan fingerprint density at radius 3 is 1.93 bits per heavy atom. The first-order valence-electron chi connectivity index (χ1n) is 10.3. The summed E-state index contributed by atoms with van der Waals surface area (Å²) in [6, 6.07) is 22.7. The number of esters is 1. The maximum Gasteiger partial charge on any atom is 0.337 e. The van der Waals surface area contributed by atoms with Crippen molar-refractivity contribution in [2.75, 3.05) is 13.7 Å². The minimum Gasteiger partial charge on any atom is -0.465 e. The maximum atomic E-state index is 13.4. The van der Waals surface area contributed by atoms with Crippen LogP contribution >= 0.6 is 0 Å². The van der Waals surface area contributed by atoms with E-state index in [1.165, 1.54) is 30.4 Å². The Bertz CT molecular complexity index is 986. The fraction of sp³-hybridized carbons (Fsp3) is 0.269. The number of rotatable bonds is 6. The number of methoxy groups -OCH3 is 1. The van der Waals surface area contributed by atoms with Gasteiger partial charge in [0.2, 0.25) is 0 Å². The molecule has 1 fully saturated rings. The highest BCUT2D eigenvalue weighted by Gasteiger charge is 2.38. The van der Waals surface area contributed by atoms with E-state index < -0.39 is 5.60 Å². The van der Waals surface area contributed by atoms with Gasteiger partial charge in [-0.25, -0.2) is 9.18 Å². The summed E-state index contributed by atoms with van der Waals surface area (Å²) in [5.74, 6) is -0.553. The van der Waals surface area contributed by atoms with Gasteiger partial charge in [0, 0.05) is 6.61 Å². The Balaban J connectivity index is 1.47. The van der Waals surface area contributed by atoms with Gasteiger partial charge in [0.25, 0.3) is 0 Å². The van der Waals surface area contributed by atoms with Gasteiger partial charge in [0.05, 0.1) is 12.7 Å². The SMILES string of the molecule is COC(=O)c1ccc(CCc2ccc(C3(c4ccc(F)cc4)CCCO3)cc2)cc1. The van der Waals surface area contributed by atoms with Crippen molar-refractivity contribution in [3.05, 3.63) is 106 Å². The predicted octanol–water partition coefficient (Wildman–Crippen LogP) is 5.45. The molecule has 0 bridgehead atoms. The molecule has 0 amide bonds. The summed E-state index contributed by atoms with van der Waals surface area (Å²) in [5, 5.41) is 0. The van der Waals surface area contributed by atoms with Crippen LogP contribution in [-0.4, -0.2) is 19.7 Å². The molecule has 0 aromatic heterocycles. The summed E-state index contributed by atoms with van der Waals surface area (Å²) in [4.78, 5) is 11.5. The second-order valence-electron chi connectivity index (χ2n) is 7.67. The Kier molecular flexibility index (Phi) is 5.96. The molecular weight excluding hydrogens is 379 g/mol. The number of ether oxygens (including phenoxy) is 2. The molecule has 0 radical (unpaired) electrons. The molecule has 0 spiro atoms. The molecule has 1 atom stereocenters. The Morgan fingerprint density at radius 2 is 1.43 bits per heavy atom. The van der Waals surface area contributed by atoms with Gasteiger partial charge in [0.15, 0.2) is 0 Å². The van der Waals surface area contributed by atoms with Crippen molar-refractivity contribution >= 4 is 5.97 Å². The van der Waals surface area contributed by atoms with E-state index >= 15 is 0 Å². The van der Waals surface area contributed by atoms with E-state index in [-0.39, 0.29) is 11.8 Å². The van der Waals surface area contributed by atoms with Gasteiger partial charge in [-0.15, -0.1) is 0 Å². The highest BCUT2D eigenvalue weighted by molar-refractivity contribution is 5.89. The topological polar surface area (TPSA) is 35.5 Å². The zero-order valence-corrected chi connectivity index (χ0v) is 17.1. The van der Waals surface area contributed by atoms with E-state index in [4.69, 9.17) is 9.47 Å². The molecule has 1 aliphatic heterocycles. The van der Waals surface area contributed by atoms with Gasteiger partial charge >= 0.3 is 5.97 Å². The third-order valence-electron chi connectivity index (χ3n) is 5.83. The molecule has 4 rings (SSSR count). The van der Waals surface area contributed by atoms with Gasteiger partial charge in [-0.2, -0.15) is 0 Å². The minimum atomic E-state index is -0.490. The molecule has 4 heteroatoms. The molecule has 0 saturated carbocycles. The Labute approximate surface area is 176 Å². The van der Waals surface area contributed by atoms with Crippen molar-refractivity contribution in [3.63, 3.8) is 0 Å². The lowest BCUT2D eigenvalue weighted by Gasteiger charge is -2.30. The van der Waals surface area contributed by atoms with Gasteiger partial charge in [0.1, 0.15) is 11.4 Å². The zero-order valence-electron chi connectivity index (χ0n) is 17.1. The molecule has 3 aromatic carbocycles. The van der Waals surface area contributed by atoms with Crippen molar-refractivity contribution in [2.45, 2.75) is 31.3 Å². The summed E-state index contributed by atoms with van der Waals surface area (Å²) in [6.45, 7) is 0.709. The second kappa shape index (κ2) is 8.80. The lowest BCUT2D eigenvalue weighted by atomic mass is 9.83. The molecule has 1 unspecified atom stereocenters. The first-order chi connectivity index (χ1) is 14.6. The van der Waals surface area contributed by atoms with Crippen molar-refractivity contribution in [1.82, 2.24) is 0 Å². The van der Waals surface area contributed by atoms with Gasteiger partial charge < -0.3 is 9.47 Å². The van der Waals surface area contributed by atoms with Gasteiger partial charge in [-0.1, -0.05) is 48.5 Å². The van der Waals surface area contributed by atoms with Gasteiger partial charge in [-0.3, -0.25) is 0 Å². The fourth-order valence-corrected chi connectivity index (χ4v) is 4.14. The first-order valence-corrected chi connectivity index (χ1v) is 10.3. The van der Waals surface area contributed by atoms with Crippen LogP contribution in [0.25, 0.3) is 0 Å². The average Bonchev–Trinajstić information content (AvgIpc) is 3.29. The van der Waals surface area contributed by atoms with Crippen molar-refractivity contribution in [2.24, 2.45) is 0 Å². The third-order valence-corrected chi connectivity index (χ3v) is 5.83. The molecule has 1 saturated heterocycles. The molecule has 154 valence electrons. The fourth-order valence-electron chi connectivity index (χ4n) is 4.14. The number of hydrogen-bond donors (Lipinski definition) is 0. The van der Waals surface area contributed by atoms with Crippen LogP contribution in [-0.2, 0) is 27.9 Å². The largest absolute Gasteiger partial charge is 0.465 e. The number of benzene rings is 3. The maximum absolute atomic E-state index is 13.4. The summed E-state index contributed by atoms with van der Waals surface area (Å²) >= 11 is 0. The van der Waals surface area contributed by atoms with E-state index in [0.29, 0.717) is 12.2 Å². The molecule has 1 aliphatic rings. The lowest BCUT2D eigenvalue weighted by molar-refractivity contribution is 0.0359. The number of carbonyl (C=O) groups is 1. The van der Waals surface area contributed by atoms with Crippen LogP contribution in [0.3, 0.4) is 0 Å². The monoisotopic (exact) mass is 404 g/mol. The van der Waals surface area contributed by atoms with Crippen LogP contribution in [0.15, 0.2) is 72.8 Å². The second-order valence-corrected chi connectivity index (χ2v) is 7.67. The van der Waals surface area contributed by atoms with E-state index in [0.717, 1.165) is 36.8 Å². The molecule has 3 aromatic rings. The van der Waals surface area contributed by atoms with Gasteiger partial charge in [-0.05, 0) is 72.2 Å². The highest BCUT2D eigenvalue weighted by Crippen LogP contribution is 2.42. The summed E-state index contributed by atoms with van der Waals surface area (Å²) in [6.07, 6.45) is 3.67. The standard InChI is InChI=1S/C26H25FO3/c1-29-25(28)21-9-5-19(6-10-21)3-4-20-7-11-22(12-8-20)26(17-2-18-30-26)23-13-15-24(27)16-14-23/h5-16H,2-4,17-18H2,1H3. The number of carbonyl (C=O) groups excluding carboxylic acids is 1. The Hall–Kier alpha value is -2.98. The molecule has 0 aliphatic carbocycles. The van der Waals surface area contributed by atoms with E-state index in [1.807, 2.05) is 24.3 Å². The van der Waals surface area contributed by atoms with Crippen LogP contribution in [0.5, 0.6) is 0 Å².